The first-order valence-electron chi connectivity index (χ1n) is 17.5. The fraction of sp³-hybridized carbons (Fsp3) is 0.879. The van der Waals surface area contributed by atoms with Crippen molar-refractivity contribution in [2.75, 3.05) is 74.7 Å². The van der Waals surface area contributed by atoms with Crippen molar-refractivity contribution in [1.82, 2.24) is 14.9 Å². The number of nitrogens with one attached hydrogen (secondary N) is 1. The molecule has 3 fully saturated rings. The Morgan fingerprint density at radius 1 is 0.881 bits per heavy atom. The lowest BCUT2D eigenvalue weighted by Crippen LogP contribution is -2.47. The number of nitrogen functional groups attached to an aromatic ring is 1. The zero-order valence-corrected chi connectivity index (χ0v) is 27.8. The van der Waals surface area contributed by atoms with Crippen LogP contribution in [-0.2, 0) is 9.09 Å². The van der Waals surface area contributed by atoms with Crippen molar-refractivity contribution in [3.63, 3.8) is 0 Å². The van der Waals surface area contributed by atoms with Crippen molar-refractivity contribution in [2.24, 2.45) is 17.8 Å². The molecule has 3 N–H and O–H groups in total. The van der Waals surface area contributed by atoms with E-state index in [0.717, 1.165) is 56.9 Å². The number of nitrogens with two attached hydrogens (primary N) is 1. The van der Waals surface area contributed by atoms with E-state index in [-0.39, 0.29) is 0 Å². The van der Waals surface area contributed by atoms with Gasteiger partial charge in [0.2, 0.25) is 13.3 Å². The summed E-state index contributed by atoms with van der Waals surface area (Å²) in [5, 5.41) is 3.52. The number of anilines is 3. The molecule has 0 spiro atoms. The molecule has 2 saturated carbocycles. The minimum atomic E-state index is -2.48. The fourth-order valence-electron chi connectivity index (χ4n) is 7.39. The number of aromatic nitrogens is 2. The molecule has 1 atom stereocenters. The van der Waals surface area contributed by atoms with E-state index in [1.165, 1.54) is 103 Å². The van der Waals surface area contributed by atoms with Gasteiger partial charge in [-0.25, -0.2) is 0 Å². The van der Waals surface area contributed by atoms with Crippen LogP contribution in [0, 0.1) is 17.8 Å². The second-order valence-corrected chi connectivity index (χ2v) is 16.3. The lowest BCUT2D eigenvalue weighted by Gasteiger charge is -2.35. The van der Waals surface area contributed by atoms with Gasteiger partial charge in [-0.15, -0.1) is 0 Å². The van der Waals surface area contributed by atoms with Crippen LogP contribution in [0.25, 0.3) is 0 Å². The molecular weight excluding hydrogens is 543 g/mol. The summed E-state index contributed by atoms with van der Waals surface area (Å²) in [6, 6.07) is 1.89. The van der Waals surface area contributed by atoms with Gasteiger partial charge in [-0.05, 0) is 37.5 Å². The van der Waals surface area contributed by atoms with Crippen LogP contribution in [0.4, 0.5) is 17.6 Å². The van der Waals surface area contributed by atoms with Gasteiger partial charge in [-0.2, -0.15) is 9.97 Å². The Morgan fingerprint density at radius 3 is 2.17 bits per heavy atom. The Labute approximate surface area is 256 Å². The van der Waals surface area contributed by atoms with Crippen LogP contribution < -0.4 is 16.0 Å². The Bertz CT molecular complexity index is 942. The Hall–Kier alpha value is -1.37. The van der Waals surface area contributed by atoms with Crippen LogP contribution in [0.1, 0.15) is 110 Å². The maximum absolute atomic E-state index is 12.4. The molecule has 0 radical (unpaired) electrons. The van der Waals surface area contributed by atoms with Gasteiger partial charge in [-0.1, -0.05) is 89.9 Å². The predicted octanol–water partition coefficient (Wildman–Crippen LogP) is 7.65. The molecule has 1 aliphatic heterocycles. The third kappa shape index (κ3) is 12.0. The smallest absolute Gasteiger partial charge is 0.226 e. The van der Waals surface area contributed by atoms with Crippen molar-refractivity contribution < 1.29 is 9.09 Å². The minimum absolute atomic E-state index is 0.509. The normalized spacial score (nSPS) is 24.0. The van der Waals surface area contributed by atoms with Crippen molar-refractivity contribution in [3.8, 4) is 0 Å². The van der Waals surface area contributed by atoms with E-state index in [0.29, 0.717) is 30.5 Å². The van der Waals surface area contributed by atoms with Gasteiger partial charge in [-0.3, -0.25) is 9.46 Å². The molecule has 1 unspecified atom stereocenters. The van der Waals surface area contributed by atoms with Gasteiger partial charge < -0.3 is 20.5 Å². The van der Waals surface area contributed by atoms with Crippen LogP contribution in [-0.4, -0.2) is 73.6 Å². The molecule has 8 nitrogen and oxygen atoms in total. The number of hydrogen-bond donors (Lipinski definition) is 2. The van der Waals surface area contributed by atoms with E-state index in [1.54, 1.807) is 6.66 Å². The molecule has 1 saturated heterocycles. The van der Waals surface area contributed by atoms with Crippen molar-refractivity contribution in [2.45, 2.75) is 110 Å². The van der Waals surface area contributed by atoms with Crippen molar-refractivity contribution in [1.29, 1.82) is 0 Å². The number of unbranched alkanes of at least 4 members (excludes halogenated alkanes) is 4. The molecule has 3 aliphatic rings. The minimum Gasteiger partial charge on any atom is -0.383 e. The molecule has 1 aromatic heterocycles. The molecule has 0 amide bonds. The highest BCUT2D eigenvalue weighted by Gasteiger charge is 2.24. The van der Waals surface area contributed by atoms with Gasteiger partial charge in [0.25, 0.3) is 0 Å². The fourth-order valence-corrected chi connectivity index (χ4v) is 8.71. The first kappa shape index (κ1) is 33.5. The summed E-state index contributed by atoms with van der Waals surface area (Å²) in [5.41, 5.74) is 6.19. The average Bonchev–Trinajstić information content (AvgIpc) is 3.00. The molecular formula is C33H61N6O2P. The molecule has 2 heterocycles. The summed E-state index contributed by atoms with van der Waals surface area (Å²) in [6.07, 6.45) is 23.6. The summed E-state index contributed by atoms with van der Waals surface area (Å²) in [4.78, 5) is 14.0. The van der Waals surface area contributed by atoms with Crippen LogP contribution in [0.3, 0.4) is 0 Å². The van der Waals surface area contributed by atoms with Gasteiger partial charge >= 0.3 is 0 Å². The lowest BCUT2D eigenvalue weighted by molar-refractivity contribution is 0.264. The molecule has 0 aromatic carbocycles. The largest absolute Gasteiger partial charge is 0.383 e. The third-order valence-corrected chi connectivity index (χ3v) is 11.9. The molecule has 2 aliphatic carbocycles. The molecule has 9 heteroatoms. The topological polar surface area (TPSA) is 96.6 Å². The number of piperazine rings is 1. The van der Waals surface area contributed by atoms with E-state index < -0.39 is 7.37 Å². The second-order valence-electron chi connectivity index (χ2n) is 13.6. The van der Waals surface area contributed by atoms with E-state index in [2.05, 4.69) is 20.1 Å². The highest BCUT2D eigenvalue weighted by atomic mass is 31.2. The molecule has 0 bridgehead atoms. The summed E-state index contributed by atoms with van der Waals surface area (Å²) in [5.74, 6) is 4.76. The maximum atomic E-state index is 12.4. The van der Waals surface area contributed by atoms with Gasteiger partial charge in [0, 0.05) is 58.2 Å². The standard InChI is InChI=1S/C33H61N6O2P/c1-3-41-42(2,40)25-24-38-20-22-39(23-21-38)32-26-31(34)36-33(37-32)35-27-30-18-16-29(17-19-30)15-9-6-4-5-8-12-28-13-10-7-11-14-28/h26,28-30H,3-25,27H2,1-2H3,(H3,34,35,36,37). The van der Waals surface area contributed by atoms with Crippen LogP contribution >= 0.6 is 7.37 Å². The van der Waals surface area contributed by atoms with Crippen LogP contribution in [0.2, 0.25) is 0 Å². The molecule has 42 heavy (non-hydrogen) atoms. The Kier molecular flexibility index (Phi) is 14.2. The van der Waals surface area contributed by atoms with E-state index in [9.17, 15) is 4.57 Å². The van der Waals surface area contributed by atoms with Crippen LogP contribution in [0.5, 0.6) is 0 Å². The molecule has 4 rings (SSSR count). The zero-order chi connectivity index (χ0) is 29.6. The average molecular weight is 605 g/mol. The van der Waals surface area contributed by atoms with Crippen molar-refractivity contribution in [3.05, 3.63) is 6.07 Å². The lowest BCUT2D eigenvalue weighted by atomic mass is 9.79. The monoisotopic (exact) mass is 604 g/mol. The quantitative estimate of drug-likeness (QED) is 0.138. The maximum Gasteiger partial charge on any atom is 0.226 e. The molecule has 1 aromatic rings. The van der Waals surface area contributed by atoms with Gasteiger partial charge in [0.05, 0.1) is 6.61 Å². The predicted molar refractivity (Wildman–Crippen MR) is 178 cm³/mol. The summed E-state index contributed by atoms with van der Waals surface area (Å²) >= 11 is 0. The van der Waals surface area contributed by atoms with Gasteiger partial charge in [0.15, 0.2) is 0 Å². The van der Waals surface area contributed by atoms with E-state index >= 15 is 0 Å². The summed E-state index contributed by atoms with van der Waals surface area (Å²) in [7, 11) is -2.48. The SMILES string of the molecule is CCOP(C)(=O)CCN1CCN(c2cc(N)nc(NCC3CCC(CCCCCCCC4CCCCC4)CC3)n2)CC1. The highest BCUT2D eigenvalue weighted by molar-refractivity contribution is 7.58. The first-order valence-corrected chi connectivity index (χ1v) is 19.7. The Morgan fingerprint density at radius 2 is 1.50 bits per heavy atom. The summed E-state index contributed by atoms with van der Waals surface area (Å²) in [6.45, 7) is 9.49. The Balaban J connectivity index is 1.07. The van der Waals surface area contributed by atoms with E-state index in [1.807, 2.05) is 13.0 Å². The van der Waals surface area contributed by atoms with Crippen molar-refractivity contribution >= 4 is 25.0 Å². The molecule has 240 valence electrons. The number of hydrogen-bond acceptors (Lipinski definition) is 8. The first-order chi connectivity index (χ1) is 20.4. The number of nitrogens with zero attached hydrogens (tertiary/aromatic N) is 4. The third-order valence-electron chi connectivity index (χ3n) is 10.1. The zero-order valence-electron chi connectivity index (χ0n) is 26.9. The van der Waals surface area contributed by atoms with E-state index in [4.69, 9.17) is 15.2 Å². The second kappa shape index (κ2) is 17.8. The number of rotatable bonds is 17. The van der Waals surface area contributed by atoms with Crippen LogP contribution in [0.15, 0.2) is 6.07 Å². The summed E-state index contributed by atoms with van der Waals surface area (Å²) < 4.78 is 17.9. The highest BCUT2D eigenvalue weighted by Crippen LogP contribution is 2.42. The van der Waals surface area contributed by atoms with Gasteiger partial charge in [0.1, 0.15) is 11.6 Å².